The maximum Gasteiger partial charge on any atom is 0.344 e. The van der Waals surface area contributed by atoms with Gasteiger partial charge in [-0.3, -0.25) is 15.0 Å². The second-order valence-electron chi connectivity index (χ2n) is 5.13. The quantitative estimate of drug-likeness (QED) is 0.788. The number of nitrogens with zero attached hydrogens (tertiary/aromatic N) is 1. The zero-order valence-corrected chi connectivity index (χ0v) is 14.0. The van der Waals surface area contributed by atoms with Crippen LogP contribution in [0.15, 0.2) is 18.2 Å². The van der Waals surface area contributed by atoms with E-state index in [4.69, 9.17) is 27.9 Å². The fraction of sp³-hybridized carbons (Fsp3) is 0.357. The van der Waals surface area contributed by atoms with E-state index in [0.29, 0.717) is 11.4 Å². The number of carbonyl (C=O) groups is 3. The Hall–Kier alpha value is -1.99. The Kier molecular flexibility index (Phi) is 5.01. The maximum absolute atomic E-state index is 12.1. The number of rotatable bonds is 5. The average Bonchev–Trinajstić information content (AvgIpc) is 2.71. The minimum Gasteiger partial charge on any atom is -0.481 e. The third kappa shape index (κ3) is 3.51. The van der Waals surface area contributed by atoms with Gasteiger partial charge in [-0.1, -0.05) is 36.2 Å². The van der Waals surface area contributed by atoms with E-state index in [1.807, 2.05) is 0 Å². The van der Waals surface area contributed by atoms with Crippen LogP contribution in [-0.2, 0) is 9.59 Å². The summed E-state index contributed by atoms with van der Waals surface area (Å²) in [5.41, 5.74) is 1.17. The second-order valence-corrected chi connectivity index (χ2v) is 5.95. The Balaban J connectivity index is 1.98. The summed E-state index contributed by atoms with van der Waals surface area (Å²) >= 11 is 11.8. The lowest BCUT2D eigenvalue weighted by Gasteiger charge is -2.19. The van der Waals surface area contributed by atoms with Crippen LogP contribution in [0.25, 0.3) is 0 Å². The lowest BCUT2D eigenvalue weighted by molar-refractivity contribution is -0.139. The molecule has 1 aliphatic rings. The predicted molar refractivity (Wildman–Crippen MR) is 84.2 cm³/mol. The van der Waals surface area contributed by atoms with E-state index in [0.717, 1.165) is 0 Å². The Morgan fingerprint density at radius 2 is 1.96 bits per heavy atom. The van der Waals surface area contributed by atoms with Crippen molar-refractivity contribution in [3.05, 3.63) is 28.2 Å². The van der Waals surface area contributed by atoms with Crippen molar-refractivity contribution < 1.29 is 19.1 Å². The summed E-state index contributed by atoms with van der Waals surface area (Å²) in [6, 6.07) is 4.06. The topological polar surface area (TPSA) is 87.7 Å². The Labute approximate surface area is 142 Å². The lowest BCUT2D eigenvalue weighted by atomic mass is 10.00. The number of nitrogens with one attached hydrogen (secondary N) is 2. The summed E-state index contributed by atoms with van der Waals surface area (Å²) in [5, 5.41) is 3.66. The van der Waals surface area contributed by atoms with Crippen molar-refractivity contribution in [2.75, 3.05) is 6.61 Å². The molecular formula is C14H15Cl2N3O4. The van der Waals surface area contributed by atoms with Gasteiger partial charge >= 0.3 is 6.03 Å². The van der Waals surface area contributed by atoms with Crippen molar-refractivity contribution >= 4 is 41.0 Å². The summed E-state index contributed by atoms with van der Waals surface area (Å²) in [5.74, 6) is -1.07. The highest BCUT2D eigenvalue weighted by Gasteiger charge is 2.47. The number of para-hydroxylation sites is 1. The van der Waals surface area contributed by atoms with Crippen molar-refractivity contribution in [3.63, 3.8) is 0 Å². The molecule has 0 saturated carbocycles. The molecule has 7 nitrogen and oxygen atoms in total. The molecule has 0 bridgehead atoms. The monoisotopic (exact) mass is 359 g/mol. The number of hydrogen-bond donors (Lipinski definition) is 2. The van der Waals surface area contributed by atoms with Gasteiger partial charge in [-0.25, -0.2) is 4.79 Å². The Morgan fingerprint density at radius 3 is 2.48 bits per heavy atom. The van der Waals surface area contributed by atoms with Crippen molar-refractivity contribution in [3.8, 4) is 5.75 Å². The van der Waals surface area contributed by atoms with Crippen molar-refractivity contribution in [2.45, 2.75) is 25.8 Å². The van der Waals surface area contributed by atoms with E-state index in [1.165, 1.54) is 0 Å². The zero-order chi connectivity index (χ0) is 17.2. The first-order valence-electron chi connectivity index (χ1n) is 6.81. The average molecular weight is 360 g/mol. The van der Waals surface area contributed by atoms with Crippen LogP contribution in [0, 0.1) is 0 Å². The second kappa shape index (κ2) is 6.64. The summed E-state index contributed by atoms with van der Waals surface area (Å²) in [4.78, 5) is 35.8. The smallest absolute Gasteiger partial charge is 0.344 e. The molecule has 1 saturated heterocycles. The number of ether oxygens (including phenoxy) is 1. The summed E-state index contributed by atoms with van der Waals surface area (Å²) in [6.07, 6.45) is 0.398. The van der Waals surface area contributed by atoms with E-state index in [-0.39, 0.29) is 15.8 Å². The normalized spacial score (nSPS) is 20.4. The third-order valence-corrected chi connectivity index (χ3v) is 4.07. The van der Waals surface area contributed by atoms with E-state index < -0.39 is 30.0 Å². The first kappa shape index (κ1) is 17.4. The highest BCUT2D eigenvalue weighted by molar-refractivity contribution is 6.37. The molecule has 0 aromatic heterocycles. The van der Waals surface area contributed by atoms with Gasteiger partial charge in [0.1, 0.15) is 5.54 Å². The van der Waals surface area contributed by atoms with E-state index in [1.54, 1.807) is 32.0 Å². The molecule has 1 aromatic rings. The third-order valence-electron chi connectivity index (χ3n) is 3.47. The van der Waals surface area contributed by atoms with E-state index >= 15 is 0 Å². The molecule has 0 aliphatic carbocycles. The summed E-state index contributed by atoms with van der Waals surface area (Å²) in [6.45, 7) is 2.88. The SMILES string of the molecule is CCC1(C)NC(=O)N(NC(=O)COc2c(Cl)cccc2Cl)C1=O. The molecule has 124 valence electrons. The van der Waals surface area contributed by atoms with Gasteiger partial charge in [0, 0.05) is 0 Å². The Morgan fingerprint density at radius 1 is 1.35 bits per heavy atom. The van der Waals surface area contributed by atoms with Gasteiger partial charge in [0.25, 0.3) is 11.8 Å². The van der Waals surface area contributed by atoms with Crippen LogP contribution in [-0.4, -0.2) is 35.0 Å². The van der Waals surface area contributed by atoms with Crippen molar-refractivity contribution in [2.24, 2.45) is 0 Å². The van der Waals surface area contributed by atoms with E-state index in [2.05, 4.69) is 10.7 Å². The molecule has 2 N–H and O–H groups in total. The largest absolute Gasteiger partial charge is 0.481 e. The van der Waals surface area contributed by atoms with Gasteiger partial charge in [0.05, 0.1) is 10.0 Å². The molecule has 1 atom stereocenters. The molecule has 0 spiro atoms. The summed E-state index contributed by atoms with van der Waals surface area (Å²) < 4.78 is 5.24. The fourth-order valence-corrected chi connectivity index (χ4v) is 2.45. The standard InChI is InChI=1S/C14H15Cl2N3O4/c1-3-14(2)12(21)19(13(22)17-14)18-10(20)7-23-11-8(15)5-4-6-9(11)16/h4-6H,3,7H2,1-2H3,(H,17,22)(H,18,20). The van der Waals surface area contributed by atoms with Crippen LogP contribution >= 0.6 is 23.2 Å². The molecule has 2 rings (SSSR count). The van der Waals surface area contributed by atoms with Gasteiger partial charge < -0.3 is 10.1 Å². The van der Waals surface area contributed by atoms with E-state index in [9.17, 15) is 14.4 Å². The molecular weight excluding hydrogens is 345 g/mol. The highest BCUT2D eigenvalue weighted by Crippen LogP contribution is 2.32. The van der Waals surface area contributed by atoms with Crippen LogP contribution in [0.4, 0.5) is 4.79 Å². The van der Waals surface area contributed by atoms with Crippen LogP contribution in [0.2, 0.25) is 10.0 Å². The number of hydrazine groups is 1. The van der Waals surface area contributed by atoms with Gasteiger partial charge in [0.2, 0.25) is 0 Å². The first-order valence-corrected chi connectivity index (χ1v) is 7.57. The number of amides is 4. The van der Waals surface area contributed by atoms with Crippen molar-refractivity contribution in [1.82, 2.24) is 15.8 Å². The number of halogens is 2. The maximum atomic E-state index is 12.1. The highest BCUT2D eigenvalue weighted by atomic mass is 35.5. The van der Waals surface area contributed by atoms with Crippen molar-refractivity contribution in [1.29, 1.82) is 0 Å². The molecule has 1 fully saturated rings. The number of benzene rings is 1. The number of carbonyl (C=O) groups excluding carboxylic acids is 3. The predicted octanol–water partition coefficient (Wildman–Crippen LogP) is 2.12. The fourth-order valence-electron chi connectivity index (χ4n) is 1.94. The van der Waals surface area contributed by atoms with Gasteiger partial charge in [-0.05, 0) is 25.5 Å². The molecule has 1 aromatic carbocycles. The molecule has 1 heterocycles. The van der Waals surface area contributed by atoms with Crippen LogP contribution in [0.5, 0.6) is 5.75 Å². The van der Waals surface area contributed by atoms with Gasteiger partial charge in [-0.2, -0.15) is 5.01 Å². The van der Waals surface area contributed by atoms with Crippen LogP contribution < -0.4 is 15.5 Å². The molecule has 23 heavy (non-hydrogen) atoms. The molecule has 9 heteroatoms. The minimum atomic E-state index is -1.03. The van der Waals surface area contributed by atoms with Crippen LogP contribution in [0.3, 0.4) is 0 Å². The molecule has 4 amide bonds. The minimum absolute atomic E-state index is 0.154. The van der Waals surface area contributed by atoms with Gasteiger partial charge in [-0.15, -0.1) is 0 Å². The summed E-state index contributed by atoms with van der Waals surface area (Å²) in [7, 11) is 0. The van der Waals surface area contributed by atoms with Crippen LogP contribution in [0.1, 0.15) is 20.3 Å². The number of hydrogen-bond acceptors (Lipinski definition) is 4. The number of urea groups is 1. The number of imide groups is 1. The first-order chi connectivity index (χ1) is 10.8. The molecule has 0 radical (unpaired) electrons. The molecule has 1 unspecified atom stereocenters. The lowest BCUT2D eigenvalue weighted by Crippen LogP contribution is -2.49. The zero-order valence-electron chi connectivity index (χ0n) is 12.5. The Bertz CT molecular complexity index is 647. The van der Waals surface area contributed by atoms with Gasteiger partial charge in [0.15, 0.2) is 12.4 Å². The molecule has 1 aliphatic heterocycles.